The molecule has 1 N–H and O–H groups in total. The van der Waals surface area contributed by atoms with E-state index in [2.05, 4.69) is 19.2 Å². The molecule has 0 radical (unpaired) electrons. The average molecular weight is 298 g/mol. The molecular weight excluding hydrogens is 268 g/mol. The maximum atomic E-state index is 12.1. The molecule has 0 aliphatic carbocycles. The van der Waals surface area contributed by atoms with Crippen molar-refractivity contribution in [2.45, 2.75) is 53.4 Å². The van der Waals surface area contributed by atoms with Crippen LogP contribution in [0, 0.1) is 17.8 Å². The number of hydrogen-bond acceptors (Lipinski definition) is 3. The minimum atomic E-state index is -0.217. The first-order valence-corrected chi connectivity index (χ1v) is 7.97. The maximum Gasteiger partial charge on any atom is 0.233 e. The monoisotopic (exact) mass is 298 g/mol. The summed E-state index contributed by atoms with van der Waals surface area (Å²) in [5, 5.41) is 2.85. The van der Waals surface area contributed by atoms with Gasteiger partial charge in [-0.15, -0.1) is 0 Å². The molecule has 1 heterocycles. The van der Waals surface area contributed by atoms with Crippen LogP contribution in [0.1, 0.15) is 54.8 Å². The lowest BCUT2D eigenvalue weighted by Gasteiger charge is -2.16. The van der Waals surface area contributed by atoms with Crippen molar-refractivity contribution in [2.75, 3.05) is 13.1 Å². The molecule has 5 nitrogen and oxygen atoms in total. The van der Waals surface area contributed by atoms with E-state index in [1.54, 1.807) is 0 Å². The molecule has 1 saturated heterocycles. The van der Waals surface area contributed by atoms with E-state index >= 15 is 0 Å². The molecule has 1 aliphatic heterocycles. The highest BCUT2D eigenvalue weighted by molar-refractivity contribution is 6.03. The number of imide groups is 1. The number of nitrogens with zero attached hydrogens (tertiary/aromatic N) is 1. The van der Waals surface area contributed by atoms with Crippen molar-refractivity contribution in [2.24, 2.45) is 17.8 Å². The Morgan fingerprint density at radius 2 is 2.05 bits per heavy atom. The fraction of sp³-hybridized carbons (Fsp3) is 0.812. The molecule has 0 aromatic heterocycles. The predicted molar refractivity (Wildman–Crippen MR) is 83.5 cm³/mol. The summed E-state index contributed by atoms with van der Waals surface area (Å²) in [5.41, 5.74) is 0. The molecule has 1 aliphatic rings. The fourth-order valence-corrected chi connectivity index (χ4v) is 2.43. The summed E-state index contributed by atoms with van der Waals surface area (Å²) in [6.07, 6.45) is 2.54. The lowest BCUT2D eigenvalue weighted by Crippen LogP contribution is -2.36. The van der Waals surface area contributed by atoms with Crippen LogP contribution in [0.5, 0.6) is 0 Å². The molecule has 5 heteroatoms. The molecule has 0 bridgehead atoms. The highest BCUT2D eigenvalue weighted by Crippen LogP contribution is 2.26. The van der Waals surface area contributed by atoms with Crippen molar-refractivity contribution in [3.63, 3.8) is 0 Å². The molecule has 0 spiro atoms. The highest BCUT2D eigenvalue weighted by atomic mass is 16.2. The molecule has 0 aromatic rings. The summed E-state index contributed by atoms with van der Waals surface area (Å²) in [5.74, 6) is 0.182. The van der Waals surface area contributed by atoms with Gasteiger partial charge in [0.05, 0.1) is 0 Å². The number of carbonyl (C=O) groups excluding carboxylic acids is 3. The van der Waals surface area contributed by atoms with Gasteiger partial charge >= 0.3 is 0 Å². The molecule has 0 aromatic carbocycles. The number of carbonyl (C=O) groups is 3. The standard InChI is InChI=1S/C16H28N2O3.H2/c1-5-12(4)6-8-17-14(19)7-9-18-15(20)10-13(11(2)3)16(18)21;/h11-13H,5-10H2,1-4H3,(H,17,19);1H. The summed E-state index contributed by atoms with van der Waals surface area (Å²) in [4.78, 5) is 36.9. The van der Waals surface area contributed by atoms with E-state index in [9.17, 15) is 14.4 Å². The van der Waals surface area contributed by atoms with Gasteiger partial charge in [-0.05, 0) is 18.3 Å². The van der Waals surface area contributed by atoms with E-state index in [-0.39, 0.29) is 50.4 Å². The minimum Gasteiger partial charge on any atom is -0.356 e. The lowest BCUT2D eigenvalue weighted by atomic mass is 9.94. The fourth-order valence-electron chi connectivity index (χ4n) is 2.43. The van der Waals surface area contributed by atoms with Crippen LogP contribution in [0.15, 0.2) is 0 Å². The van der Waals surface area contributed by atoms with E-state index in [0.29, 0.717) is 12.5 Å². The Balaban J connectivity index is 0.00000441. The van der Waals surface area contributed by atoms with Crippen molar-refractivity contribution < 1.29 is 15.8 Å². The van der Waals surface area contributed by atoms with Gasteiger partial charge in [0.25, 0.3) is 0 Å². The molecule has 2 atom stereocenters. The lowest BCUT2D eigenvalue weighted by molar-refractivity contribution is -0.140. The van der Waals surface area contributed by atoms with Crippen LogP contribution in [0.4, 0.5) is 0 Å². The zero-order valence-corrected chi connectivity index (χ0v) is 13.6. The highest BCUT2D eigenvalue weighted by Gasteiger charge is 2.39. The third-order valence-corrected chi connectivity index (χ3v) is 4.30. The van der Waals surface area contributed by atoms with Gasteiger partial charge in [0.2, 0.25) is 17.7 Å². The van der Waals surface area contributed by atoms with Crippen LogP contribution in [0.3, 0.4) is 0 Å². The smallest absolute Gasteiger partial charge is 0.233 e. The number of likely N-dealkylation sites (tertiary alicyclic amines) is 1. The van der Waals surface area contributed by atoms with Gasteiger partial charge in [-0.3, -0.25) is 19.3 Å². The van der Waals surface area contributed by atoms with Crippen LogP contribution in [-0.2, 0) is 14.4 Å². The first kappa shape index (κ1) is 17.7. The van der Waals surface area contributed by atoms with Gasteiger partial charge in [0.15, 0.2) is 0 Å². The number of nitrogens with one attached hydrogen (secondary N) is 1. The first-order chi connectivity index (χ1) is 9.86. The van der Waals surface area contributed by atoms with Crippen molar-refractivity contribution in [1.82, 2.24) is 10.2 Å². The van der Waals surface area contributed by atoms with Crippen molar-refractivity contribution in [3.05, 3.63) is 0 Å². The number of hydrogen-bond donors (Lipinski definition) is 1. The minimum absolute atomic E-state index is 0. The molecule has 1 rings (SSSR count). The summed E-state index contributed by atoms with van der Waals surface area (Å²) >= 11 is 0. The quantitative estimate of drug-likeness (QED) is 0.699. The van der Waals surface area contributed by atoms with Crippen LogP contribution in [-0.4, -0.2) is 35.7 Å². The zero-order chi connectivity index (χ0) is 16.0. The first-order valence-electron chi connectivity index (χ1n) is 7.97. The Labute approximate surface area is 128 Å². The van der Waals surface area contributed by atoms with Gasteiger partial charge in [-0.1, -0.05) is 34.1 Å². The Bertz CT molecular complexity index is 399. The largest absolute Gasteiger partial charge is 0.356 e. The van der Waals surface area contributed by atoms with Gasteiger partial charge in [-0.2, -0.15) is 0 Å². The summed E-state index contributed by atoms with van der Waals surface area (Å²) in [6, 6.07) is 0. The average Bonchev–Trinajstić information content (AvgIpc) is 2.71. The molecular formula is C16H30N2O3. The second kappa shape index (κ2) is 8.15. The molecule has 1 fully saturated rings. The van der Waals surface area contributed by atoms with E-state index in [1.807, 2.05) is 13.8 Å². The summed E-state index contributed by atoms with van der Waals surface area (Å²) < 4.78 is 0. The Morgan fingerprint density at radius 1 is 1.38 bits per heavy atom. The topological polar surface area (TPSA) is 66.5 Å². The SMILES string of the molecule is CCC(C)CCNC(=O)CCN1C(=O)CC(C(C)C)C1=O.[HH]. The second-order valence-corrected chi connectivity index (χ2v) is 6.34. The third-order valence-electron chi connectivity index (χ3n) is 4.30. The summed E-state index contributed by atoms with van der Waals surface area (Å²) in [6.45, 7) is 9.03. The van der Waals surface area contributed by atoms with Gasteiger partial charge in [0.1, 0.15) is 0 Å². The van der Waals surface area contributed by atoms with E-state index < -0.39 is 0 Å². The number of amides is 3. The molecule has 122 valence electrons. The van der Waals surface area contributed by atoms with Crippen molar-refractivity contribution >= 4 is 17.7 Å². The summed E-state index contributed by atoms with van der Waals surface area (Å²) in [7, 11) is 0. The Hall–Kier alpha value is -1.39. The normalized spacial score (nSPS) is 20.2. The van der Waals surface area contributed by atoms with Crippen molar-refractivity contribution in [3.8, 4) is 0 Å². The second-order valence-electron chi connectivity index (χ2n) is 6.34. The van der Waals surface area contributed by atoms with Gasteiger partial charge in [0, 0.05) is 33.3 Å². The predicted octanol–water partition coefficient (Wildman–Crippen LogP) is 2.21. The van der Waals surface area contributed by atoms with Crippen LogP contribution in [0.25, 0.3) is 0 Å². The molecule has 21 heavy (non-hydrogen) atoms. The van der Waals surface area contributed by atoms with Crippen LogP contribution >= 0.6 is 0 Å². The van der Waals surface area contributed by atoms with Crippen LogP contribution < -0.4 is 5.32 Å². The number of rotatable bonds is 8. The Kier molecular flexibility index (Phi) is 6.85. The zero-order valence-electron chi connectivity index (χ0n) is 13.6. The van der Waals surface area contributed by atoms with Gasteiger partial charge in [-0.25, -0.2) is 0 Å². The van der Waals surface area contributed by atoms with E-state index in [0.717, 1.165) is 12.8 Å². The Morgan fingerprint density at radius 3 is 2.57 bits per heavy atom. The third kappa shape index (κ3) is 5.14. The molecule has 0 saturated carbocycles. The van der Waals surface area contributed by atoms with Crippen molar-refractivity contribution in [1.29, 1.82) is 0 Å². The van der Waals surface area contributed by atoms with E-state index in [1.165, 1.54) is 4.90 Å². The maximum absolute atomic E-state index is 12.1. The molecule has 2 unspecified atom stereocenters. The van der Waals surface area contributed by atoms with Crippen LogP contribution in [0.2, 0.25) is 0 Å². The van der Waals surface area contributed by atoms with Gasteiger partial charge < -0.3 is 5.32 Å². The molecule has 3 amide bonds. The van der Waals surface area contributed by atoms with E-state index in [4.69, 9.17) is 0 Å².